The maximum atomic E-state index is 12.0. The molecular weight excluding hydrogens is 363 g/mol. The molecule has 0 fully saturated rings. The largest absolute Gasteiger partial charge is 0.360 e. The predicted molar refractivity (Wildman–Crippen MR) is 75.9 cm³/mol. The lowest BCUT2D eigenvalue weighted by Crippen LogP contribution is -3.85. The van der Waals surface area contributed by atoms with E-state index in [1.807, 2.05) is 36.4 Å². The van der Waals surface area contributed by atoms with E-state index >= 15 is 0 Å². The second kappa shape index (κ2) is 8.04. The number of benzene rings is 2. The molecule has 0 amide bonds. The van der Waals surface area contributed by atoms with E-state index in [0.29, 0.717) is 6.42 Å². The first-order valence-corrected chi connectivity index (χ1v) is 9.86. The van der Waals surface area contributed by atoms with Gasteiger partial charge in [0.2, 0.25) is 0 Å². The van der Waals surface area contributed by atoms with E-state index in [4.69, 9.17) is 3.07 Å². The fourth-order valence-electron chi connectivity index (χ4n) is 1.72. The molecule has 0 N–H and O–H groups in total. The second-order valence-corrected chi connectivity index (χ2v) is 8.74. The van der Waals surface area contributed by atoms with Crippen LogP contribution in [0.5, 0.6) is 0 Å². The molecule has 105 valence electrons. The van der Waals surface area contributed by atoms with Crippen LogP contribution in [0.3, 0.4) is 0 Å². The van der Waals surface area contributed by atoms with Crippen molar-refractivity contribution in [1.29, 1.82) is 0 Å². The molecule has 0 unspecified atom stereocenters. The zero-order chi connectivity index (χ0) is 14.2. The summed E-state index contributed by atoms with van der Waals surface area (Å²) in [6.45, 7) is 2.08. The molecule has 0 aromatic heterocycles. The molecule has 0 saturated carbocycles. The molecule has 0 aliphatic heterocycles. The van der Waals surface area contributed by atoms with Gasteiger partial charge in [-0.1, -0.05) is 49.7 Å². The number of carbonyl (C=O) groups is 1. The summed E-state index contributed by atoms with van der Waals surface area (Å²) in [5, 5.41) is 0. The summed E-state index contributed by atoms with van der Waals surface area (Å²) >= 11 is -2.10. The molecule has 0 aliphatic rings. The lowest BCUT2D eigenvalue weighted by Gasteiger charge is -2.04. The molecule has 0 bridgehead atoms. The topological polar surface area (TPSA) is 26.3 Å². The standard InChI is InChI=1S/C17H19IO2/c1-2-3-14-17(19)20-18(15-10-6-4-7-11-15)16-12-8-5-9-13-16/h4-13H,2-3,14H2,1H3/q+1. The van der Waals surface area contributed by atoms with Crippen molar-refractivity contribution in [1.82, 2.24) is 0 Å². The van der Waals surface area contributed by atoms with E-state index in [-0.39, 0.29) is 5.97 Å². The molecule has 20 heavy (non-hydrogen) atoms. The Morgan fingerprint density at radius 3 is 1.90 bits per heavy atom. The Bertz CT molecular complexity index is 486. The van der Waals surface area contributed by atoms with Gasteiger partial charge >= 0.3 is 26.2 Å². The van der Waals surface area contributed by atoms with E-state index < -0.39 is 20.2 Å². The van der Waals surface area contributed by atoms with Crippen molar-refractivity contribution < 1.29 is 28.1 Å². The van der Waals surface area contributed by atoms with E-state index in [2.05, 4.69) is 31.2 Å². The van der Waals surface area contributed by atoms with Crippen molar-refractivity contribution in [2.45, 2.75) is 26.2 Å². The van der Waals surface area contributed by atoms with Crippen molar-refractivity contribution in [3.63, 3.8) is 0 Å². The number of carbonyl (C=O) groups excluding carboxylic acids is 1. The van der Waals surface area contributed by atoms with Crippen molar-refractivity contribution in [3.8, 4) is 0 Å². The fraction of sp³-hybridized carbons (Fsp3) is 0.235. The zero-order valence-corrected chi connectivity index (χ0v) is 13.7. The van der Waals surface area contributed by atoms with Gasteiger partial charge in [-0.15, -0.1) is 0 Å². The summed E-state index contributed by atoms with van der Waals surface area (Å²) in [6.07, 6.45) is 2.43. The third-order valence-corrected chi connectivity index (χ3v) is 7.39. The highest BCUT2D eigenvalue weighted by atomic mass is 127. The molecule has 2 nitrogen and oxygen atoms in total. The van der Waals surface area contributed by atoms with Gasteiger partial charge in [0.25, 0.3) is 0 Å². The van der Waals surface area contributed by atoms with Crippen LogP contribution < -0.4 is 20.2 Å². The number of hydrogen-bond donors (Lipinski definition) is 0. The highest BCUT2D eigenvalue weighted by molar-refractivity contribution is 5.68. The van der Waals surface area contributed by atoms with Crippen LogP contribution in [-0.4, -0.2) is 5.97 Å². The summed E-state index contributed by atoms with van der Waals surface area (Å²) in [5.74, 6) is -0.0650. The molecule has 0 atom stereocenters. The molecule has 0 heterocycles. The van der Waals surface area contributed by atoms with E-state index in [9.17, 15) is 4.79 Å². The molecule has 0 spiro atoms. The molecule has 0 aliphatic carbocycles. The van der Waals surface area contributed by atoms with Crippen LogP contribution in [0.15, 0.2) is 60.7 Å². The number of unbranched alkanes of at least 4 members (excludes halogenated alkanes) is 1. The molecule has 1 radical (unpaired) electrons. The molecule has 2 aromatic rings. The predicted octanol–water partition coefficient (Wildman–Crippen LogP) is 0.999. The first kappa shape index (κ1) is 15.0. The van der Waals surface area contributed by atoms with E-state index in [1.165, 1.54) is 0 Å². The van der Waals surface area contributed by atoms with Crippen LogP contribution in [0.4, 0.5) is 0 Å². The highest BCUT2D eigenvalue weighted by Gasteiger charge is 2.33. The van der Waals surface area contributed by atoms with Gasteiger partial charge in [0.1, 0.15) is 0 Å². The Labute approximate surface area is 128 Å². The van der Waals surface area contributed by atoms with Gasteiger partial charge < -0.3 is 0 Å². The van der Waals surface area contributed by atoms with Crippen molar-refractivity contribution in [3.05, 3.63) is 67.8 Å². The van der Waals surface area contributed by atoms with Gasteiger partial charge in [0.15, 0.2) is 7.14 Å². The Hall–Kier alpha value is -1.36. The summed E-state index contributed by atoms with van der Waals surface area (Å²) < 4.78 is 8.16. The average molecular weight is 382 g/mol. The SMILES string of the molecule is CCCCC(=O)O[I+](c1ccccc1)c1ccccc1. The Morgan fingerprint density at radius 2 is 1.45 bits per heavy atom. The van der Waals surface area contributed by atoms with Crippen molar-refractivity contribution in [2.24, 2.45) is 0 Å². The minimum absolute atomic E-state index is 0.0650. The molecule has 0 saturated heterocycles. The first-order valence-electron chi connectivity index (χ1n) is 6.82. The van der Waals surface area contributed by atoms with Gasteiger partial charge in [0, 0.05) is 0 Å². The van der Waals surface area contributed by atoms with Crippen molar-refractivity contribution in [2.75, 3.05) is 0 Å². The highest BCUT2D eigenvalue weighted by Crippen LogP contribution is 1.94. The minimum Gasteiger partial charge on any atom is -0.247 e. The smallest absolute Gasteiger partial charge is 0.247 e. The monoisotopic (exact) mass is 382 g/mol. The van der Waals surface area contributed by atoms with Gasteiger partial charge in [-0.25, -0.2) is 7.86 Å². The van der Waals surface area contributed by atoms with Crippen LogP contribution >= 0.6 is 0 Å². The maximum absolute atomic E-state index is 12.0. The molecule has 3 heteroatoms. The summed E-state index contributed by atoms with van der Waals surface area (Å²) in [5.41, 5.74) is 0. The summed E-state index contributed by atoms with van der Waals surface area (Å²) in [7, 11) is 0. The summed E-state index contributed by atoms with van der Waals surface area (Å²) in [6, 6.07) is 20.2. The van der Waals surface area contributed by atoms with Crippen LogP contribution in [0.2, 0.25) is 0 Å². The summed E-state index contributed by atoms with van der Waals surface area (Å²) in [4.78, 5) is 12.0. The Kier molecular flexibility index (Phi) is 6.05. The average Bonchev–Trinajstić information content (AvgIpc) is 2.52. The number of rotatable bonds is 6. The second-order valence-electron chi connectivity index (χ2n) is 4.39. The van der Waals surface area contributed by atoms with Crippen LogP contribution in [0.1, 0.15) is 26.2 Å². The zero-order valence-electron chi connectivity index (χ0n) is 11.6. The van der Waals surface area contributed by atoms with Gasteiger partial charge in [-0.05, 0) is 30.7 Å². The molecular formula is C17H19IO2+. The third-order valence-electron chi connectivity index (χ3n) is 2.76. The van der Waals surface area contributed by atoms with E-state index in [1.54, 1.807) is 0 Å². The van der Waals surface area contributed by atoms with E-state index in [0.717, 1.165) is 20.0 Å². The minimum atomic E-state index is -2.10. The molecule has 2 rings (SSSR count). The number of halogens is 1. The quantitative estimate of drug-likeness (QED) is 0.697. The first-order chi connectivity index (χ1) is 9.81. The fourth-order valence-corrected chi connectivity index (χ4v) is 5.79. The third kappa shape index (κ3) is 4.34. The van der Waals surface area contributed by atoms with Gasteiger partial charge in [-0.2, -0.15) is 0 Å². The lowest BCUT2D eigenvalue weighted by atomic mass is 10.3. The normalized spacial score (nSPS) is 10.5. The van der Waals surface area contributed by atoms with Crippen LogP contribution in [0, 0.1) is 7.14 Å². The van der Waals surface area contributed by atoms with Gasteiger partial charge in [0.05, 0.1) is 6.42 Å². The maximum Gasteiger partial charge on any atom is 0.360 e. The van der Waals surface area contributed by atoms with Crippen LogP contribution in [0.25, 0.3) is 0 Å². The Balaban J connectivity index is 2.19. The number of hydrogen-bond acceptors (Lipinski definition) is 2. The Morgan fingerprint density at radius 1 is 0.950 bits per heavy atom. The van der Waals surface area contributed by atoms with Crippen molar-refractivity contribution >= 4 is 5.97 Å². The lowest BCUT2D eigenvalue weighted by molar-refractivity contribution is -1.04. The van der Waals surface area contributed by atoms with Gasteiger partial charge in [-0.3, -0.25) is 0 Å². The molecule has 2 aromatic carbocycles. The van der Waals surface area contributed by atoms with Crippen LogP contribution in [-0.2, 0) is 7.86 Å².